The van der Waals surface area contributed by atoms with E-state index >= 15 is 0 Å². The van der Waals surface area contributed by atoms with Crippen molar-refractivity contribution in [1.29, 1.82) is 0 Å². The van der Waals surface area contributed by atoms with Crippen molar-refractivity contribution in [3.05, 3.63) is 64.0 Å². The van der Waals surface area contributed by atoms with Gasteiger partial charge in [-0.25, -0.2) is 4.79 Å². The fourth-order valence-corrected chi connectivity index (χ4v) is 3.77. The Balaban J connectivity index is 1.71. The van der Waals surface area contributed by atoms with Gasteiger partial charge in [0.05, 0.1) is 5.02 Å². The van der Waals surface area contributed by atoms with Crippen LogP contribution in [0.25, 0.3) is 10.1 Å². The Labute approximate surface area is 154 Å². The molecule has 0 radical (unpaired) electrons. The van der Waals surface area contributed by atoms with Crippen LogP contribution in [0.15, 0.2) is 48.5 Å². The quantitative estimate of drug-likeness (QED) is 0.651. The van der Waals surface area contributed by atoms with E-state index in [4.69, 9.17) is 16.3 Å². The molecule has 1 aromatic heterocycles. The molecule has 128 valence electrons. The minimum atomic E-state index is -0.936. The SMILES string of the molecule is Cc1cccc(NC(=O)[C@@H](C)OC(=O)c2sc3ccccc3c2Cl)c1. The van der Waals surface area contributed by atoms with Crippen LogP contribution in [0.2, 0.25) is 5.02 Å². The first-order valence-corrected chi connectivity index (χ1v) is 8.90. The van der Waals surface area contributed by atoms with E-state index in [0.717, 1.165) is 15.6 Å². The summed E-state index contributed by atoms with van der Waals surface area (Å²) in [5.74, 6) is -0.991. The number of nitrogens with one attached hydrogen (secondary N) is 1. The van der Waals surface area contributed by atoms with Gasteiger partial charge >= 0.3 is 5.97 Å². The fraction of sp³-hybridized carbons (Fsp3) is 0.158. The number of anilines is 1. The maximum atomic E-state index is 12.4. The summed E-state index contributed by atoms with van der Waals surface area (Å²) in [6.07, 6.45) is -0.936. The zero-order valence-corrected chi connectivity index (χ0v) is 15.3. The first-order valence-electron chi connectivity index (χ1n) is 7.71. The van der Waals surface area contributed by atoms with E-state index in [9.17, 15) is 9.59 Å². The standard InChI is InChI=1S/C19H16ClNO3S/c1-11-6-5-7-13(10-11)21-18(22)12(2)24-19(23)17-16(20)14-8-3-4-9-15(14)25-17/h3-10,12H,1-2H3,(H,21,22)/t12-/m1/s1. The number of esters is 1. The number of fused-ring (bicyclic) bond motifs is 1. The van der Waals surface area contributed by atoms with Crippen LogP contribution in [0, 0.1) is 6.92 Å². The molecule has 25 heavy (non-hydrogen) atoms. The highest BCUT2D eigenvalue weighted by Gasteiger charge is 2.23. The Morgan fingerprint density at radius 3 is 2.64 bits per heavy atom. The van der Waals surface area contributed by atoms with Crippen LogP contribution < -0.4 is 5.32 Å². The van der Waals surface area contributed by atoms with E-state index in [2.05, 4.69) is 5.32 Å². The summed E-state index contributed by atoms with van der Waals surface area (Å²) in [6, 6.07) is 14.9. The largest absolute Gasteiger partial charge is 0.448 e. The highest BCUT2D eigenvalue weighted by molar-refractivity contribution is 7.21. The van der Waals surface area contributed by atoms with E-state index in [1.807, 2.05) is 49.4 Å². The fourth-order valence-electron chi connectivity index (χ4n) is 2.38. The van der Waals surface area contributed by atoms with Gasteiger partial charge in [-0.15, -0.1) is 11.3 Å². The number of thiophene rings is 1. The van der Waals surface area contributed by atoms with Gasteiger partial charge in [0.25, 0.3) is 5.91 Å². The predicted molar refractivity (Wildman–Crippen MR) is 102 cm³/mol. The average Bonchev–Trinajstić information content (AvgIpc) is 2.92. The number of hydrogen-bond donors (Lipinski definition) is 1. The molecule has 3 aromatic rings. The van der Waals surface area contributed by atoms with Gasteiger partial charge in [0.2, 0.25) is 0 Å². The molecule has 1 amide bonds. The zero-order valence-electron chi connectivity index (χ0n) is 13.7. The average molecular weight is 374 g/mol. The lowest BCUT2D eigenvalue weighted by atomic mass is 10.2. The molecule has 0 aliphatic carbocycles. The lowest BCUT2D eigenvalue weighted by Gasteiger charge is -2.13. The monoisotopic (exact) mass is 373 g/mol. The summed E-state index contributed by atoms with van der Waals surface area (Å²) in [5.41, 5.74) is 1.69. The second-order valence-corrected chi connectivity index (χ2v) is 7.08. The number of halogens is 1. The van der Waals surface area contributed by atoms with Gasteiger partial charge < -0.3 is 10.1 Å². The molecule has 0 aliphatic rings. The molecule has 0 saturated carbocycles. The third kappa shape index (κ3) is 3.83. The molecule has 1 N–H and O–H groups in total. The highest BCUT2D eigenvalue weighted by atomic mass is 35.5. The maximum absolute atomic E-state index is 12.4. The van der Waals surface area contributed by atoms with E-state index < -0.39 is 18.0 Å². The van der Waals surface area contributed by atoms with Gasteiger partial charge in [-0.2, -0.15) is 0 Å². The van der Waals surface area contributed by atoms with Crippen LogP contribution in [-0.2, 0) is 9.53 Å². The summed E-state index contributed by atoms with van der Waals surface area (Å²) in [4.78, 5) is 24.9. The van der Waals surface area contributed by atoms with Crippen molar-refractivity contribution in [2.45, 2.75) is 20.0 Å². The summed E-state index contributed by atoms with van der Waals surface area (Å²) >= 11 is 7.52. The third-order valence-corrected chi connectivity index (χ3v) is 5.31. The first kappa shape index (κ1) is 17.5. The van der Waals surface area contributed by atoms with Crippen molar-refractivity contribution in [3.8, 4) is 0 Å². The maximum Gasteiger partial charge on any atom is 0.350 e. The summed E-state index contributed by atoms with van der Waals surface area (Å²) in [5, 5.41) is 3.90. The van der Waals surface area contributed by atoms with Crippen LogP contribution in [0.5, 0.6) is 0 Å². The smallest absolute Gasteiger partial charge is 0.350 e. The van der Waals surface area contributed by atoms with E-state index in [-0.39, 0.29) is 0 Å². The van der Waals surface area contributed by atoms with Gasteiger partial charge in [-0.05, 0) is 37.6 Å². The molecular weight excluding hydrogens is 358 g/mol. The van der Waals surface area contributed by atoms with Crippen LogP contribution >= 0.6 is 22.9 Å². The van der Waals surface area contributed by atoms with Gasteiger partial charge in [0.1, 0.15) is 4.88 Å². The van der Waals surface area contributed by atoms with Crippen molar-refractivity contribution in [3.63, 3.8) is 0 Å². The van der Waals surface area contributed by atoms with E-state index in [1.54, 1.807) is 6.07 Å². The van der Waals surface area contributed by atoms with Gasteiger partial charge in [0.15, 0.2) is 6.10 Å². The second kappa shape index (κ2) is 7.25. The number of carbonyl (C=O) groups is 2. The lowest BCUT2D eigenvalue weighted by Crippen LogP contribution is -2.29. The van der Waals surface area contributed by atoms with Crippen LogP contribution in [0.1, 0.15) is 22.2 Å². The number of carbonyl (C=O) groups excluding carboxylic acids is 2. The normalized spacial score (nSPS) is 12.0. The van der Waals surface area contributed by atoms with Crippen molar-refractivity contribution < 1.29 is 14.3 Å². The molecule has 1 atom stereocenters. The van der Waals surface area contributed by atoms with E-state index in [1.165, 1.54) is 18.3 Å². The number of rotatable bonds is 4. The topological polar surface area (TPSA) is 55.4 Å². The van der Waals surface area contributed by atoms with E-state index in [0.29, 0.717) is 15.6 Å². The van der Waals surface area contributed by atoms with Crippen molar-refractivity contribution >= 4 is 50.6 Å². The second-order valence-electron chi connectivity index (χ2n) is 5.65. The molecule has 0 fully saturated rings. The number of hydrogen-bond acceptors (Lipinski definition) is 4. The molecule has 0 bridgehead atoms. The molecule has 4 nitrogen and oxygen atoms in total. The van der Waals surface area contributed by atoms with Gasteiger partial charge in [-0.3, -0.25) is 4.79 Å². The Morgan fingerprint density at radius 2 is 1.92 bits per heavy atom. The number of benzene rings is 2. The predicted octanol–water partition coefficient (Wildman–Crippen LogP) is 5.05. The summed E-state index contributed by atoms with van der Waals surface area (Å²) in [7, 11) is 0. The number of aryl methyl sites for hydroxylation is 1. The molecule has 0 spiro atoms. The Kier molecular flexibility index (Phi) is 5.06. The summed E-state index contributed by atoms with van der Waals surface area (Å²) in [6.45, 7) is 3.47. The van der Waals surface area contributed by atoms with Crippen molar-refractivity contribution in [1.82, 2.24) is 0 Å². The number of amides is 1. The minimum absolute atomic E-state index is 0.304. The molecule has 0 aliphatic heterocycles. The van der Waals surface area contributed by atoms with Crippen LogP contribution in [0.3, 0.4) is 0 Å². The molecular formula is C19H16ClNO3S. The van der Waals surface area contributed by atoms with Gasteiger partial charge in [0, 0.05) is 15.8 Å². The van der Waals surface area contributed by atoms with Crippen molar-refractivity contribution in [2.24, 2.45) is 0 Å². The zero-order chi connectivity index (χ0) is 18.0. The minimum Gasteiger partial charge on any atom is -0.448 e. The molecule has 2 aromatic carbocycles. The summed E-state index contributed by atoms with van der Waals surface area (Å²) < 4.78 is 6.19. The lowest BCUT2D eigenvalue weighted by molar-refractivity contribution is -0.123. The first-order chi connectivity index (χ1) is 12.0. The van der Waals surface area contributed by atoms with Crippen LogP contribution in [-0.4, -0.2) is 18.0 Å². The number of ether oxygens (including phenoxy) is 1. The molecule has 0 unspecified atom stereocenters. The highest BCUT2D eigenvalue weighted by Crippen LogP contribution is 2.35. The molecule has 6 heteroatoms. The Bertz CT molecular complexity index is 951. The third-order valence-electron chi connectivity index (χ3n) is 3.66. The van der Waals surface area contributed by atoms with Crippen molar-refractivity contribution in [2.75, 3.05) is 5.32 Å². The Morgan fingerprint density at radius 1 is 1.16 bits per heavy atom. The van der Waals surface area contributed by atoms with Crippen LogP contribution in [0.4, 0.5) is 5.69 Å². The molecule has 0 saturated heterocycles. The molecule has 3 rings (SSSR count). The molecule has 1 heterocycles. The van der Waals surface area contributed by atoms with Gasteiger partial charge in [-0.1, -0.05) is 41.9 Å². The Hall–Kier alpha value is -2.37.